The van der Waals surface area contributed by atoms with Gasteiger partial charge in [-0.3, -0.25) is 4.72 Å². The van der Waals surface area contributed by atoms with Crippen molar-refractivity contribution in [3.05, 3.63) is 95.1 Å². The highest BCUT2D eigenvalue weighted by molar-refractivity contribution is 9.10. The van der Waals surface area contributed by atoms with Gasteiger partial charge in [0.25, 0.3) is 10.0 Å². The molecule has 0 atom stereocenters. The van der Waals surface area contributed by atoms with Crippen molar-refractivity contribution in [3.8, 4) is 0 Å². The van der Waals surface area contributed by atoms with Crippen LogP contribution in [0.2, 0.25) is 0 Å². The number of hydrogen-bond donors (Lipinski definition) is 3. The fourth-order valence-electron chi connectivity index (χ4n) is 2.94. The molecular weight excluding hydrogens is 490 g/mol. The van der Waals surface area contributed by atoms with Crippen LogP contribution in [0.3, 0.4) is 0 Å². The van der Waals surface area contributed by atoms with Gasteiger partial charge in [-0.1, -0.05) is 34.1 Å². The second kappa shape index (κ2) is 9.37. The highest BCUT2D eigenvalue weighted by Gasteiger charge is 2.14. The minimum absolute atomic E-state index is 0.189. The number of nitrogens with zero attached hydrogens (tertiary/aromatic N) is 2. The summed E-state index contributed by atoms with van der Waals surface area (Å²) in [6.45, 7) is 1.89. The van der Waals surface area contributed by atoms with E-state index in [1.807, 2.05) is 43.3 Å². The van der Waals surface area contributed by atoms with E-state index >= 15 is 0 Å². The summed E-state index contributed by atoms with van der Waals surface area (Å²) in [6.07, 6.45) is 0. The van der Waals surface area contributed by atoms with Crippen LogP contribution in [-0.4, -0.2) is 18.4 Å². The van der Waals surface area contributed by atoms with E-state index in [1.165, 1.54) is 0 Å². The molecule has 9 heteroatoms. The molecule has 3 N–H and O–H groups in total. The van der Waals surface area contributed by atoms with E-state index in [4.69, 9.17) is 0 Å². The number of hydrogen-bond acceptors (Lipinski definition) is 6. The number of sulfonamides is 1. The van der Waals surface area contributed by atoms with Crippen molar-refractivity contribution in [3.63, 3.8) is 0 Å². The van der Waals surface area contributed by atoms with E-state index in [0.717, 1.165) is 21.5 Å². The first kappa shape index (κ1) is 21.8. The van der Waals surface area contributed by atoms with Gasteiger partial charge in [-0.25, -0.2) is 13.4 Å². The molecule has 0 aliphatic carbocycles. The fourth-order valence-corrected chi connectivity index (χ4v) is 4.26. The molecule has 4 aromatic rings. The summed E-state index contributed by atoms with van der Waals surface area (Å²) in [6, 6.07) is 24.9. The van der Waals surface area contributed by atoms with Crippen LogP contribution in [0.1, 0.15) is 5.69 Å². The molecule has 0 amide bonds. The second-order valence-electron chi connectivity index (χ2n) is 6.97. The molecule has 0 saturated carbocycles. The molecule has 0 saturated heterocycles. The molecule has 0 aliphatic rings. The molecule has 0 bridgehead atoms. The standard InChI is InChI=1S/C23H20BrN5O2S/c1-16-15-22(26-18-5-3-2-4-6-18)28-23(25-16)27-19-9-11-20(12-10-19)29-32(30,31)21-13-7-17(24)8-14-21/h2-15,29H,1H3,(H2,25,26,27,28). The summed E-state index contributed by atoms with van der Waals surface area (Å²) < 4.78 is 28.5. The Bertz CT molecular complexity index is 1310. The van der Waals surface area contributed by atoms with Gasteiger partial charge in [0.05, 0.1) is 4.90 Å². The number of anilines is 5. The number of rotatable bonds is 7. The van der Waals surface area contributed by atoms with Gasteiger partial charge in [0.2, 0.25) is 5.95 Å². The normalized spacial score (nSPS) is 11.1. The number of benzene rings is 3. The van der Waals surface area contributed by atoms with Crippen LogP contribution in [0.5, 0.6) is 0 Å². The molecule has 1 aromatic heterocycles. The fraction of sp³-hybridized carbons (Fsp3) is 0.0435. The average molecular weight is 510 g/mol. The Morgan fingerprint density at radius 1 is 0.750 bits per heavy atom. The lowest BCUT2D eigenvalue weighted by Gasteiger charge is -2.11. The lowest BCUT2D eigenvalue weighted by molar-refractivity contribution is 0.601. The van der Waals surface area contributed by atoms with Gasteiger partial charge >= 0.3 is 0 Å². The minimum atomic E-state index is -3.67. The van der Waals surface area contributed by atoms with E-state index in [0.29, 0.717) is 17.5 Å². The van der Waals surface area contributed by atoms with Crippen LogP contribution in [-0.2, 0) is 10.0 Å². The van der Waals surface area contributed by atoms with Crippen molar-refractivity contribution >= 4 is 54.8 Å². The van der Waals surface area contributed by atoms with E-state index in [1.54, 1.807) is 48.5 Å². The SMILES string of the molecule is Cc1cc(Nc2ccccc2)nc(Nc2ccc(NS(=O)(=O)c3ccc(Br)cc3)cc2)n1. The van der Waals surface area contributed by atoms with Crippen LogP contribution in [0.25, 0.3) is 0 Å². The Hall–Kier alpha value is -3.43. The van der Waals surface area contributed by atoms with Crippen molar-refractivity contribution in [2.75, 3.05) is 15.4 Å². The first-order valence-corrected chi connectivity index (χ1v) is 12.0. The number of aryl methyl sites for hydroxylation is 1. The molecule has 7 nitrogen and oxygen atoms in total. The van der Waals surface area contributed by atoms with Gasteiger partial charge < -0.3 is 10.6 Å². The highest BCUT2D eigenvalue weighted by atomic mass is 79.9. The average Bonchev–Trinajstić information content (AvgIpc) is 2.75. The Kier molecular flexibility index (Phi) is 6.38. The zero-order valence-corrected chi connectivity index (χ0v) is 19.5. The van der Waals surface area contributed by atoms with E-state index in [9.17, 15) is 8.42 Å². The predicted octanol–water partition coefficient (Wildman–Crippen LogP) is 5.84. The molecule has 32 heavy (non-hydrogen) atoms. The van der Waals surface area contributed by atoms with Gasteiger partial charge in [0.1, 0.15) is 5.82 Å². The lowest BCUT2D eigenvalue weighted by Crippen LogP contribution is -2.12. The maximum atomic E-state index is 12.5. The zero-order valence-electron chi connectivity index (χ0n) is 17.1. The van der Waals surface area contributed by atoms with Crippen LogP contribution >= 0.6 is 15.9 Å². The summed E-state index contributed by atoms with van der Waals surface area (Å²) in [4.78, 5) is 9.12. The maximum Gasteiger partial charge on any atom is 0.261 e. The van der Waals surface area contributed by atoms with Crippen LogP contribution in [0.4, 0.5) is 28.8 Å². The Morgan fingerprint density at radius 2 is 1.38 bits per heavy atom. The van der Waals surface area contributed by atoms with Crippen molar-refractivity contribution < 1.29 is 8.42 Å². The van der Waals surface area contributed by atoms with Crippen molar-refractivity contribution in [2.45, 2.75) is 11.8 Å². The number of halogens is 1. The third kappa shape index (κ3) is 5.63. The van der Waals surface area contributed by atoms with Crippen molar-refractivity contribution in [1.29, 1.82) is 0 Å². The van der Waals surface area contributed by atoms with Gasteiger partial charge in [-0.15, -0.1) is 0 Å². The van der Waals surface area contributed by atoms with E-state index < -0.39 is 10.0 Å². The van der Waals surface area contributed by atoms with Crippen LogP contribution in [0, 0.1) is 6.92 Å². The third-order valence-electron chi connectivity index (χ3n) is 4.42. The van der Waals surface area contributed by atoms with E-state index in [-0.39, 0.29) is 4.90 Å². The van der Waals surface area contributed by atoms with Gasteiger partial charge in [-0.2, -0.15) is 4.98 Å². The first-order valence-electron chi connectivity index (χ1n) is 9.71. The molecule has 162 valence electrons. The number of para-hydroxylation sites is 1. The molecule has 0 radical (unpaired) electrons. The smallest absolute Gasteiger partial charge is 0.261 e. The molecule has 0 fully saturated rings. The summed E-state index contributed by atoms with van der Waals surface area (Å²) in [5.74, 6) is 1.11. The topological polar surface area (TPSA) is 96.0 Å². The molecule has 0 unspecified atom stereocenters. The zero-order chi connectivity index (χ0) is 22.6. The molecule has 4 rings (SSSR count). The van der Waals surface area contributed by atoms with Gasteiger partial charge in [0.15, 0.2) is 0 Å². The third-order valence-corrected chi connectivity index (χ3v) is 6.34. The maximum absolute atomic E-state index is 12.5. The van der Waals surface area contributed by atoms with Crippen molar-refractivity contribution in [2.24, 2.45) is 0 Å². The molecule has 1 heterocycles. The van der Waals surface area contributed by atoms with Crippen LogP contribution < -0.4 is 15.4 Å². The summed E-state index contributed by atoms with van der Waals surface area (Å²) in [5.41, 5.74) is 2.92. The molecular formula is C23H20BrN5O2S. The largest absolute Gasteiger partial charge is 0.340 e. The van der Waals surface area contributed by atoms with Crippen molar-refractivity contribution in [1.82, 2.24) is 9.97 Å². The predicted molar refractivity (Wildman–Crippen MR) is 131 cm³/mol. The number of nitrogens with one attached hydrogen (secondary N) is 3. The molecule has 0 aliphatic heterocycles. The first-order chi connectivity index (χ1) is 15.4. The number of aromatic nitrogens is 2. The molecule has 3 aromatic carbocycles. The highest BCUT2D eigenvalue weighted by Crippen LogP contribution is 2.22. The summed E-state index contributed by atoms with van der Waals surface area (Å²) in [5, 5.41) is 6.41. The van der Waals surface area contributed by atoms with Gasteiger partial charge in [0, 0.05) is 33.3 Å². The monoisotopic (exact) mass is 509 g/mol. The Balaban J connectivity index is 1.46. The van der Waals surface area contributed by atoms with Crippen LogP contribution in [0.15, 0.2) is 94.3 Å². The Labute approximate surface area is 195 Å². The van der Waals surface area contributed by atoms with E-state index in [2.05, 4.69) is 41.3 Å². The Morgan fingerprint density at radius 3 is 2.06 bits per heavy atom. The summed E-state index contributed by atoms with van der Waals surface area (Å²) in [7, 11) is -3.67. The van der Waals surface area contributed by atoms with Gasteiger partial charge in [-0.05, 0) is 67.6 Å². The minimum Gasteiger partial charge on any atom is -0.340 e. The lowest BCUT2D eigenvalue weighted by atomic mass is 10.3. The second-order valence-corrected chi connectivity index (χ2v) is 9.57. The quantitative estimate of drug-likeness (QED) is 0.289. The summed E-state index contributed by atoms with van der Waals surface area (Å²) >= 11 is 3.30. The molecule has 0 spiro atoms.